The summed E-state index contributed by atoms with van der Waals surface area (Å²) in [5, 5.41) is 6.53. The summed E-state index contributed by atoms with van der Waals surface area (Å²) in [6.07, 6.45) is 1.52. The van der Waals surface area contributed by atoms with Crippen molar-refractivity contribution in [3.63, 3.8) is 0 Å². The fourth-order valence-electron chi connectivity index (χ4n) is 2.24. The SMILES string of the molecule is COc1ccccc1Nc1cc(Nc2ccc(C)cc2Br)ncn1. The Labute approximate surface area is 149 Å². The number of aromatic nitrogens is 2. The van der Waals surface area contributed by atoms with Crippen LogP contribution in [-0.4, -0.2) is 17.1 Å². The van der Waals surface area contributed by atoms with E-state index in [1.54, 1.807) is 7.11 Å². The van der Waals surface area contributed by atoms with Gasteiger partial charge in [-0.25, -0.2) is 9.97 Å². The van der Waals surface area contributed by atoms with Crippen molar-refractivity contribution < 1.29 is 4.74 Å². The minimum absolute atomic E-state index is 0.681. The van der Waals surface area contributed by atoms with E-state index in [9.17, 15) is 0 Å². The molecule has 0 aliphatic heterocycles. The maximum absolute atomic E-state index is 5.34. The lowest BCUT2D eigenvalue weighted by Gasteiger charge is -2.12. The lowest BCUT2D eigenvalue weighted by atomic mass is 10.2. The second kappa shape index (κ2) is 7.31. The highest BCUT2D eigenvalue weighted by molar-refractivity contribution is 9.10. The molecular formula is C18H17BrN4O. The number of para-hydroxylation sites is 2. The zero-order valence-electron chi connectivity index (χ0n) is 13.4. The van der Waals surface area contributed by atoms with Gasteiger partial charge in [-0.3, -0.25) is 0 Å². The lowest BCUT2D eigenvalue weighted by molar-refractivity contribution is 0.417. The number of nitrogens with one attached hydrogen (secondary N) is 2. The summed E-state index contributed by atoms with van der Waals surface area (Å²) >= 11 is 3.56. The van der Waals surface area contributed by atoms with Crippen molar-refractivity contribution in [2.45, 2.75) is 6.92 Å². The molecule has 0 aliphatic carbocycles. The Morgan fingerprint density at radius 3 is 2.33 bits per heavy atom. The van der Waals surface area contributed by atoms with E-state index in [4.69, 9.17) is 4.74 Å². The van der Waals surface area contributed by atoms with E-state index < -0.39 is 0 Å². The second-order valence-electron chi connectivity index (χ2n) is 5.22. The van der Waals surface area contributed by atoms with Gasteiger partial charge in [0.15, 0.2) is 0 Å². The zero-order chi connectivity index (χ0) is 16.9. The fraction of sp³-hybridized carbons (Fsp3) is 0.111. The van der Waals surface area contributed by atoms with E-state index >= 15 is 0 Å². The van der Waals surface area contributed by atoms with Crippen molar-refractivity contribution in [2.24, 2.45) is 0 Å². The Kier molecular flexibility index (Phi) is 4.96. The lowest BCUT2D eigenvalue weighted by Crippen LogP contribution is -2.00. The highest BCUT2D eigenvalue weighted by atomic mass is 79.9. The fourth-order valence-corrected chi connectivity index (χ4v) is 2.83. The van der Waals surface area contributed by atoms with Gasteiger partial charge in [-0.05, 0) is 52.7 Å². The normalized spacial score (nSPS) is 10.3. The van der Waals surface area contributed by atoms with Crippen LogP contribution in [0.5, 0.6) is 5.75 Å². The standard InChI is InChI=1S/C18H17BrN4O/c1-12-7-8-14(13(19)9-12)22-17-10-18(21-11-20-17)23-15-5-3-4-6-16(15)24-2/h3-11H,1-2H3,(H2,20,21,22,23). The molecule has 6 heteroatoms. The van der Waals surface area contributed by atoms with Gasteiger partial charge in [-0.15, -0.1) is 0 Å². The largest absolute Gasteiger partial charge is 0.495 e. The van der Waals surface area contributed by atoms with Crippen LogP contribution in [0.15, 0.2) is 59.3 Å². The van der Waals surface area contributed by atoms with Crippen LogP contribution in [0.2, 0.25) is 0 Å². The first-order valence-electron chi connectivity index (χ1n) is 7.41. The summed E-state index contributed by atoms with van der Waals surface area (Å²) in [7, 11) is 1.64. The van der Waals surface area contributed by atoms with E-state index in [-0.39, 0.29) is 0 Å². The van der Waals surface area contributed by atoms with Crippen LogP contribution >= 0.6 is 15.9 Å². The molecule has 122 valence electrons. The summed E-state index contributed by atoms with van der Waals surface area (Å²) in [6.45, 7) is 2.05. The molecule has 0 bridgehead atoms. The molecule has 0 amide bonds. The van der Waals surface area contributed by atoms with Crippen LogP contribution in [0.3, 0.4) is 0 Å². The Balaban J connectivity index is 1.81. The molecule has 0 saturated carbocycles. The second-order valence-corrected chi connectivity index (χ2v) is 6.08. The van der Waals surface area contributed by atoms with Crippen molar-refractivity contribution in [3.8, 4) is 5.75 Å². The van der Waals surface area contributed by atoms with Gasteiger partial charge in [0.1, 0.15) is 23.7 Å². The van der Waals surface area contributed by atoms with Crippen LogP contribution in [-0.2, 0) is 0 Å². The molecule has 0 unspecified atom stereocenters. The number of anilines is 4. The molecule has 2 aromatic carbocycles. The Hall–Kier alpha value is -2.60. The van der Waals surface area contributed by atoms with Crippen molar-refractivity contribution >= 4 is 38.9 Å². The van der Waals surface area contributed by atoms with Crippen LogP contribution in [0.1, 0.15) is 5.56 Å². The number of methoxy groups -OCH3 is 1. The molecule has 1 aromatic heterocycles. The smallest absolute Gasteiger partial charge is 0.142 e. The number of aryl methyl sites for hydroxylation is 1. The molecular weight excluding hydrogens is 368 g/mol. The summed E-state index contributed by atoms with van der Waals surface area (Å²) in [6, 6.07) is 15.6. The third-order valence-corrected chi connectivity index (χ3v) is 4.08. The molecule has 0 aliphatic rings. The maximum Gasteiger partial charge on any atom is 0.142 e. The molecule has 0 spiro atoms. The monoisotopic (exact) mass is 384 g/mol. The first-order chi connectivity index (χ1) is 11.7. The van der Waals surface area contributed by atoms with Gasteiger partial charge in [0.05, 0.1) is 18.5 Å². The van der Waals surface area contributed by atoms with E-state index in [1.165, 1.54) is 11.9 Å². The molecule has 0 atom stereocenters. The molecule has 0 fully saturated rings. The van der Waals surface area contributed by atoms with Gasteiger partial charge in [0.2, 0.25) is 0 Å². The third kappa shape index (κ3) is 3.83. The average Bonchev–Trinajstić information content (AvgIpc) is 2.58. The molecule has 2 N–H and O–H groups in total. The maximum atomic E-state index is 5.34. The quantitative estimate of drug-likeness (QED) is 0.644. The molecule has 3 aromatic rings. The average molecular weight is 385 g/mol. The van der Waals surface area contributed by atoms with Crippen molar-refractivity contribution in [1.29, 1.82) is 0 Å². The van der Waals surface area contributed by atoms with Crippen LogP contribution in [0.25, 0.3) is 0 Å². The molecule has 5 nitrogen and oxygen atoms in total. The van der Waals surface area contributed by atoms with E-state index in [2.05, 4.69) is 49.5 Å². The Morgan fingerprint density at radius 2 is 1.62 bits per heavy atom. The highest BCUT2D eigenvalue weighted by Crippen LogP contribution is 2.29. The molecule has 0 radical (unpaired) electrons. The summed E-state index contributed by atoms with van der Waals surface area (Å²) in [4.78, 5) is 8.53. The Bertz CT molecular complexity index is 854. The van der Waals surface area contributed by atoms with E-state index in [1.807, 2.05) is 42.5 Å². The Morgan fingerprint density at radius 1 is 0.917 bits per heavy atom. The van der Waals surface area contributed by atoms with Crippen molar-refractivity contribution in [3.05, 3.63) is 64.9 Å². The molecule has 3 rings (SSSR count). The van der Waals surface area contributed by atoms with Crippen LogP contribution in [0.4, 0.5) is 23.0 Å². The van der Waals surface area contributed by atoms with Crippen LogP contribution < -0.4 is 15.4 Å². The predicted octanol–water partition coefficient (Wildman–Crippen LogP) is 5.04. The van der Waals surface area contributed by atoms with Crippen molar-refractivity contribution in [2.75, 3.05) is 17.7 Å². The number of rotatable bonds is 5. The zero-order valence-corrected chi connectivity index (χ0v) is 15.0. The first kappa shape index (κ1) is 16.3. The van der Waals surface area contributed by atoms with E-state index in [0.717, 1.165) is 21.6 Å². The topological polar surface area (TPSA) is 59.1 Å². The van der Waals surface area contributed by atoms with Gasteiger partial charge >= 0.3 is 0 Å². The molecule has 1 heterocycles. The minimum atomic E-state index is 0.681. The van der Waals surface area contributed by atoms with Gasteiger partial charge in [0.25, 0.3) is 0 Å². The van der Waals surface area contributed by atoms with Crippen LogP contribution in [0, 0.1) is 6.92 Å². The number of benzene rings is 2. The van der Waals surface area contributed by atoms with Gasteiger partial charge in [-0.2, -0.15) is 0 Å². The number of hydrogen-bond acceptors (Lipinski definition) is 5. The number of hydrogen-bond donors (Lipinski definition) is 2. The summed E-state index contributed by atoms with van der Waals surface area (Å²) in [5.74, 6) is 2.14. The van der Waals surface area contributed by atoms with Gasteiger partial charge < -0.3 is 15.4 Å². The highest BCUT2D eigenvalue weighted by Gasteiger charge is 2.06. The third-order valence-electron chi connectivity index (χ3n) is 3.42. The first-order valence-corrected chi connectivity index (χ1v) is 8.20. The predicted molar refractivity (Wildman–Crippen MR) is 100 cm³/mol. The summed E-state index contributed by atoms with van der Waals surface area (Å²) in [5.41, 5.74) is 2.98. The van der Waals surface area contributed by atoms with E-state index in [0.29, 0.717) is 11.6 Å². The molecule has 0 saturated heterocycles. The number of nitrogens with zero attached hydrogens (tertiary/aromatic N) is 2. The minimum Gasteiger partial charge on any atom is -0.495 e. The van der Waals surface area contributed by atoms with Gasteiger partial charge in [-0.1, -0.05) is 18.2 Å². The van der Waals surface area contributed by atoms with Crippen molar-refractivity contribution in [1.82, 2.24) is 9.97 Å². The number of halogens is 1. The molecule has 24 heavy (non-hydrogen) atoms. The van der Waals surface area contributed by atoms with Gasteiger partial charge in [0, 0.05) is 10.5 Å². The summed E-state index contributed by atoms with van der Waals surface area (Å²) < 4.78 is 6.33. The number of ether oxygens (including phenoxy) is 1.